The Kier molecular flexibility index (Phi) is 5.11. The molecule has 7 nitrogen and oxygen atoms in total. The molecule has 1 aromatic heterocycles. The molecule has 0 saturated heterocycles. The Hall–Kier alpha value is -2.31. The molecule has 0 aliphatic rings. The molecule has 0 aliphatic heterocycles. The second kappa shape index (κ2) is 6.58. The summed E-state index contributed by atoms with van der Waals surface area (Å²) in [6, 6.07) is 0. The van der Waals surface area contributed by atoms with Gasteiger partial charge in [0.05, 0.1) is 7.11 Å². The molecule has 1 rings (SSSR count). The lowest BCUT2D eigenvalue weighted by Crippen LogP contribution is -2.30. The van der Waals surface area contributed by atoms with Crippen molar-refractivity contribution in [3.63, 3.8) is 0 Å². The number of carbonyl (C=O) groups is 1. The Morgan fingerprint density at radius 3 is 2.74 bits per heavy atom. The smallest absolute Gasteiger partial charge is 0.328 e. The molecule has 0 aliphatic carbocycles. The zero-order valence-electron chi connectivity index (χ0n) is 11.1. The van der Waals surface area contributed by atoms with E-state index in [4.69, 9.17) is 4.74 Å². The molecule has 0 atom stereocenters. The zero-order chi connectivity index (χ0) is 14.4. The van der Waals surface area contributed by atoms with Crippen LogP contribution < -0.4 is 11.2 Å². The summed E-state index contributed by atoms with van der Waals surface area (Å²) in [5.41, 5.74) is -0.440. The number of rotatable bonds is 5. The van der Waals surface area contributed by atoms with Gasteiger partial charge in [-0.15, -0.1) is 0 Å². The molecule has 1 N–H and O–H groups in total. The number of hydrogen-bond acceptors (Lipinski definition) is 5. The first-order valence-electron chi connectivity index (χ1n) is 5.64. The molecule has 0 spiro atoms. The highest BCUT2D eigenvalue weighted by molar-refractivity contribution is 5.66. The number of nitrogens with zero attached hydrogens (tertiary/aromatic N) is 1. The Bertz CT molecular complexity index is 597. The minimum atomic E-state index is -0.487. The van der Waals surface area contributed by atoms with E-state index in [1.807, 2.05) is 0 Å². The number of esters is 1. The molecule has 7 heteroatoms. The summed E-state index contributed by atoms with van der Waals surface area (Å²) in [7, 11) is 1.44. The Labute approximate surface area is 109 Å². The number of aryl methyl sites for hydroxylation is 2. The molecule has 0 saturated carbocycles. The number of carbonyl (C=O) groups excluding carboxylic acids is 1. The van der Waals surface area contributed by atoms with E-state index in [1.54, 1.807) is 6.92 Å². The van der Waals surface area contributed by atoms with Gasteiger partial charge in [0.2, 0.25) is 0 Å². The van der Waals surface area contributed by atoms with E-state index in [0.29, 0.717) is 24.3 Å². The van der Waals surface area contributed by atoms with Crippen LogP contribution in [0.1, 0.15) is 18.9 Å². The van der Waals surface area contributed by atoms with Crippen molar-refractivity contribution in [2.24, 2.45) is 0 Å². The van der Waals surface area contributed by atoms with Crippen molar-refractivity contribution >= 4 is 5.97 Å². The van der Waals surface area contributed by atoms with Crippen molar-refractivity contribution in [3.8, 4) is 0 Å². The van der Waals surface area contributed by atoms with E-state index in [2.05, 4.69) is 9.72 Å². The minimum absolute atomic E-state index is 0.303. The standard InChI is InChI=1S/C12H16N2O5/c1-8-6-14(12(17)13-11(8)16)5-4-10(18-3)7-19-9(2)15/h6-7H,4-5H2,1-3H3,(H,13,16,17)/b10-7+. The van der Waals surface area contributed by atoms with Crippen LogP contribution in [0, 0.1) is 6.92 Å². The van der Waals surface area contributed by atoms with E-state index < -0.39 is 17.2 Å². The van der Waals surface area contributed by atoms with E-state index in [0.717, 1.165) is 0 Å². The van der Waals surface area contributed by atoms with Crippen LogP contribution in [0.2, 0.25) is 0 Å². The highest BCUT2D eigenvalue weighted by Gasteiger charge is 2.04. The fourth-order valence-corrected chi connectivity index (χ4v) is 1.37. The lowest BCUT2D eigenvalue weighted by Gasteiger charge is -2.08. The highest BCUT2D eigenvalue weighted by Crippen LogP contribution is 2.04. The van der Waals surface area contributed by atoms with Crippen LogP contribution in [0.3, 0.4) is 0 Å². The van der Waals surface area contributed by atoms with Crippen LogP contribution in [-0.2, 0) is 20.8 Å². The summed E-state index contributed by atoms with van der Waals surface area (Å²) in [4.78, 5) is 35.6. The summed E-state index contributed by atoms with van der Waals surface area (Å²) in [5.74, 6) is -0.0300. The molecule has 0 aromatic carbocycles. The van der Waals surface area contributed by atoms with E-state index in [9.17, 15) is 14.4 Å². The number of aromatic nitrogens is 2. The highest BCUT2D eigenvalue weighted by atomic mass is 16.5. The number of H-pyrrole nitrogens is 1. The van der Waals surface area contributed by atoms with Crippen molar-refractivity contribution in [2.75, 3.05) is 7.11 Å². The number of methoxy groups -OCH3 is 1. The van der Waals surface area contributed by atoms with Crippen molar-refractivity contribution in [1.82, 2.24) is 9.55 Å². The van der Waals surface area contributed by atoms with Crippen LogP contribution in [-0.4, -0.2) is 22.6 Å². The van der Waals surface area contributed by atoms with Gasteiger partial charge in [0.15, 0.2) is 0 Å². The molecular formula is C12H16N2O5. The third-order valence-electron chi connectivity index (χ3n) is 2.41. The van der Waals surface area contributed by atoms with Crippen LogP contribution in [0.15, 0.2) is 27.8 Å². The summed E-state index contributed by atoms with van der Waals surface area (Å²) in [6.07, 6.45) is 3.03. The molecule has 0 radical (unpaired) electrons. The Balaban J connectivity index is 2.78. The second-order valence-corrected chi connectivity index (χ2v) is 3.91. The largest absolute Gasteiger partial charge is 0.498 e. The topological polar surface area (TPSA) is 90.4 Å². The summed E-state index contributed by atoms with van der Waals surface area (Å²) >= 11 is 0. The SMILES string of the molecule is CO/C(=C/OC(C)=O)CCn1cc(C)c(=O)[nH]c1=O. The van der Waals surface area contributed by atoms with Crippen molar-refractivity contribution < 1.29 is 14.3 Å². The first-order chi connectivity index (χ1) is 8.93. The van der Waals surface area contributed by atoms with Gasteiger partial charge < -0.3 is 9.47 Å². The van der Waals surface area contributed by atoms with Crippen LogP contribution in [0.5, 0.6) is 0 Å². The van der Waals surface area contributed by atoms with Gasteiger partial charge in [-0.2, -0.15) is 0 Å². The van der Waals surface area contributed by atoms with Gasteiger partial charge in [-0.25, -0.2) is 4.79 Å². The second-order valence-electron chi connectivity index (χ2n) is 3.91. The first kappa shape index (κ1) is 14.7. The fourth-order valence-electron chi connectivity index (χ4n) is 1.37. The van der Waals surface area contributed by atoms with Gasteiger partial charge in [0.25, 0.3) is 5.56 Å². The van der Waals surface area contributed by atoms with Crippen LogP contribution >= 0.6 is 0 Å². The lowest BCUT2D eigenvalue weighted by atomic mass is 10.3. The van der Waals surface area contributed by atoms with Crippen LogP contribution in [0.25, 0.3) is 0 Å². The van der Waals surface area contributed by atoms with Crippen molar-refractivity contribution in [2.45, 2.75) is 26.8 Å². The maximum atomic E-state index is 11.5. The average Bonchev–Trinajstić information content (AvgIpc) is 2.35. The monoisotopic (exact) mass is 268 g/mol. The van der Waals surface area contributed by atoms with E-state index >= 15 is 0 Å². The summed E-state index contributed by atoms with van der Waals surface area (Å²) < 4.78 is 11.1. The molecule has 0 unspecified atom stereocenters. The molecule has 1 heterocycles. The van der Waals surface area contributed by atoms with Gasteiger partial charge in [-0.3, -0.25) is 19.1 Å². The van der Waals surface area contributed by atoms with Gasteiger partial charge in [0.1, 0.15) is 12.0 Å². The molecule has 1 aromatic rings. The molecule has 0 bridgehead atoms. The summed E-state index contributed by atoms with van der Waals surface area (Å²) in [6.45, 7) is 3.19. The van der Waals surface area contributed by atoms with Gasteiger partial charge >= 0.3 is 11.7 Å². The molecule has 0 amide bonds. The first-order valence-corrected chi connectivity index (χ1v) is 5.64. The minimum Gasteiger partial charge on any atom is -0.498 e. The van der Waals surface area contributed by atoms with E-state index in [-0.39, 0.29) is 0 Å². The van der Waals surface area contributed by atoms with Gasteiger partial charge in [-0.05, 0) is 6.92 Å². The quantitative estimate of drug-likeness (QED) is 0.612. The number of hydrogen-bond donors (Lipinski definition) is 1. The third-order valence-corrected chi connectivity index (χ3v) is 2.41. The molecule has 19 heavy (non-hydrogen) atoms. The fraction of sp³-hybridized carbons (Fsp3) is 0.417. The van der Waals surface area contributed by atoms with E-state index in [1.165, 1.54) is 31.1 Å². The Morgan fingerprint density at radius 1 is 1.47 bits per heavy atom. The van der Waals surface area contributed by atoms with Gasteiger partial charge in [-0.1, -0.05) is 0 Å². The maximum Gasteiger partial charge on any atom is 0.328 e. The normalized spacial score (nSPS) is 11.2. The number of allylic oxidation sites excluding steroid dienone is 1. The maximum absolute atomic E-state index is 11.5. The predicted molar refractivity (Wildman–Crippen MR) is 67.5 cm³/mol. The van der Waals surface area contributed by atoms with Crippen LogP contribution in [0.4, 0.5) is 0 Å². The average molecular weight is 268 g/mol. The predicted octanol–water partition coefficient (Wildman–Crippen LogP) is 0.286. The molecule has 104 valence electrons. The molecular weight excluding hydrogens is 252 g/mol. The summed E-state index contributed by atoms with van der Waals surface area (Å²) in [5, 5.41) is 0. The number of nitrogens with one attached hydrogen (secondary N) is 1. The van der Waals surface area contributed by atoms with Crippen molar-refractivity contribution in [3.05, 3.63) is 44.6 Å². The Morgan fingerprint density at radius 2 is 2.16 bits per heavy atom. The molecule has 0 fully saturated rings. The van der Waals surface area contributed by atoms with Gasteiger partial charge in [0, 0.05) is 31.6 Å². The van der Waals surface area contributed by atoms with Crippen molar-refractivity contribution in [1.29, 1.82) is 0 Å². The zero-order valence-corrected chi connectivity index (χ0v) is 11.1. The number of aromatic amines is 1. The third kappa shape index (κ3) is 4.46. The number of ether oxygens (including phenoxy) is 2. The lowest BCUT2D eigenvalue weighted by molar-refractivity contribution is -0.135.